The molecule has 1 atom stereocenters. The van der Waals surface area contributed by atoms with Gasteiger partial charge in [-0.1, -0.05) is 37.2 Å². The second kappa shape index (κ2) is 7.72. The summed E-state index contributed by atoms with van der Waals surface area (Å²) in [5.41, 5.74) is 1.68. The number of rotatable bonds is 8. The number of ether oxygens (including phenoxy) is 1. The average Bonchev–Trinajstić information content (AvgIpc) is 3.00. The molecule has 0 spiro atoms. The van der Waals surface area contributed by atoms with E-state index in [2.05, 4.69) is 22.0 Å². The summed E-state index contributed by atoms with van der Waals surface area (Å²) in [4.78, 5) is 8.90. The van der Waals surface area contributed by atoms with Crippen molar-refractivity contribution < 1.29 is 9.84 Å². The highest BCUT2D eigenvalue weighted by Crippen LogP contribution is 2.20. The molecule has 0 aliphatic carbocycles. The Bertz CT molecular complexity index is 777. The predicted molar refractivity (Wildman–Crippen MR) is 90.7 cm³/mol. The normalized spacial score (nSPS) is 13.0. The van der Waals surface area contributed by atoms with E-state index in [9.17, 15) is 5.11 Å². The quantitative estimate of drug-likeness (QED) is 0.505. The Labute approximate surface area is 138 Å². The van der Waals surface area contributed by atoms with Crippen molar-refractivity contribution in [2.75, 3.05) is 19.0 Å². The van der Waals surface area contributed by atoms with Gasteiger partial charge in [0.1, 0.15) is 6.33 Å². The smallest absolute Gasteiger partial charge is 0.209 e. The average molecular weight is 332 g/mol. The molecule has 6 nitrogen and oxygen atoms in total. The molecule has 23 heavy (non-hydrogen) atoms. The third-order valence-corrected chi connectivity index (χ3v) is 4.40. The number of hydrogen-bond acceptors (Lipinski definition) is 6. The molecule has 0 saturated heterocycles. The van der Waals surface area contributed by atoms with E-state index in [1.54, 1.807) is 10.8 Å². The second-order valence-corrected chi connectivity index (χ2v) is 6.30. The van der Waals surface area contributed by atoms with Crippen LogP contribution in [0.2, 0.25) is 0 Å². The van der Waals surface area contributed by atoms with Crippen molar-refractivity contribution in [3.8, 4) is 0 Å². The molecule has 0 aliphatic heterocycles. The third kappa shape index (κ3) is 3.99. The number of thioether (sulfide) groups is 1. The molecule has 122 valence electrons. The van der Waals surface area contributed by atoms with E-state index < -0.39 is 6.10 Å². The molecule has 0 radical (unpaired) electrons. The van der Waals surface area contributed by atoms with E-state index in [0.717, 1.165) is 29.4 Å². The van der Waals surface area contributed by atoms with E-state index in [4.69, 9.17) is 4.74 Å². The minimum atomic E-state index is -0.515. The number of aliphatic hydroxyl groups is 1. The van der Waals surface area contributed by atoms with Crippen molar-refractivity contribution in [1.82, 2.24) is 19.6 Å². The van der Waals surface area contributed by atoms with Gasteiger partial charge in [0.25, 0.3) is 0 Å². The number of hydrogen-bond donors (Lipinski definition) is 1. The van der Waals surface area contributed by atoms with Gasteiger partial charge in [0.05, 0.1) is 18.2 Å². The van der Waals surface area contributed by atoms with E-state index in [-0.39, 0.29) is 0 Å². The summed E-state index contributed by atoms with van der Waals surface area (Å²) in [6.07, 6.45) is 3.27. The summed E-state index contributed by atoms with van der Waals surface area (Å²) in [6, 6.07) is 7.85. The van der Waals surface area contributed by atoms with E-state index in [0.29, 0.717) is 24.1 Å². The molecule has 2 heterocycles. The number of para-hydroxylation sites is 1. The lowest BCUT2D eigenvalue weighted by molar-refractivity contribution is 0.0473. The highest BCUT2D eigenvalue weighted by molar-refractivity contribution is 7.99. The molecule has 1 N–H and O–H groups in total. The van der Waals surface area contributed by atoms with Gasteiger partial charge in [-0.2, -0.15) is 0 Å². The van der Waals surface area contributed by atoms with Crippen molar-refractivity contribution in [1.29, 1.82) is 0 Å². The van der Waals surface area contributed by atoms with Crippen molar-refractivity contribution >= 4 is 28.3 Å². The van der Waals surface area contributed by atoms with Gasteiger partial charge in [-0.25, -0.2) is 14.5 Å². The minimum Gasteiger partial charge on any atom is -0.390 e. The first kappa shape index (κ1) is 16.2. The Balaban J connectivity index is 1.63. The molecule has 0 fully saturated rings. The summed E-state index contributed by atoms with van der Waals surface area (Å²) in [6.45, 7) is 3.16. The molecule has 0 aliphatic rings. The van der Waals surface area contributed by atoms with Gasteiger partial charge in [-0.3, -0.25) is 0 Å². The molecular formula is C16H20N4O2S. The van der Waals surface area contributed by atoms with Crippen LogP contribution in [0.1, 0.15) is 19.8 Å². The first-order chi connectivity index (χ1) is 11.3. The van der Waals surface area contributed by atoms with Crippen LogP contribution >= 0.6 is 11.8 Å². The molecule has 7 heteroatoms. The number of aromatic nitrogens is 4. The van der Waals surface area contributed by atoms with Crippen LogP contribution in [-0.4, -0.2) is 49.8 Å². The van der Waals surface area contributed by atoms with E-state index in [1.165, 1.54) is 11.8 Å². The molecule has 1 aromatic carbocycles. The number of unbranched alkanes of at least 4 members (excludes halogenated alkanes) is 1. The lowest BCUT2D eigenvalue weighted by Crippen LogP contribution is -2.18. The summed E-state index contributed by atoms with van der Waals surface area (Å²) < 4.78 is 7.10. The lowest BCUT2D eigenvalue weighted by Gasteiger charge is -2.09. The Hall–Kier alpha value is -1.70. The minimum absolute atomic E-state index is 0.352. The fraction of sp³-hybridized carbons (Fsp3) is 0.438. The number of benzene rings is 1. The van der Waals surface area contributed by atoms with Crippen LogP contribution in [-0.2, 0) is 4.74 Å². The standard InChI is InChI=1S/C16H20N4O2S/c1-2-3-8-22-9-12(21)10-23-16-18-15-13-6-4-5-7-14(13)17-11-20(15)19-16/h4-7,11-12,21H,2-3,8-10H2,1H3/t12-/m0/s1. The van der Waals surface area contributed by atoms with Gasteiger partial charge in [-0.05, 0) is 18.6 Å². The molecule has 3 aromatic rings. The van der Waals surface area contributed by atoms with Crippen LogP contribution in [0.3, 0.4) is 0 Å². The fourth-order valence-corrected chi connectivity index (χ4v) is 2.94. The highest BCUT2D eigenvalue weighted by Gasteiger charge is 2.11. The molecule has 0 unspecified atom stereocenters. The topological polar surface area (TPSA) is 72.5 Å². The lowest BCUT2D eigenvalue weighted by atomic mass is 10.2. The van der Waals surface area contributed by atoms with Crippen LogP contribution in [0, 0.1) is 0 Å². The summed E-state index contributed by atoms with van der Waals surface area (Å²) in [7, 11) is 0. The SMILES string of the molecule is CCCCOC[C@H](O)CSc1nc2c3ccccc3ncn2n1. The third-order valence-electron chi connectivity index (χ3n) is 3.42. The molecule has 0 bridgehead atoms. The monoisotopic (exact) mass is 332 g/mol. The fourth-order valence-electron chi connectivity index (χ4n) is 2.21. The van der Waals surface area contributed by atoms with Crippen LogP contribution < -0.4 is 0 Å². The van der Waals surface area contributed by atoms with Gasteiger partial charge < -0.3 is 9.84 Å². The Morgan fingerprint density at radius 1 is 1.35 bits per heavy atom. The number of nitrogens with zero attached hydrogens (tertiary/aromatic N) is 4. The van der Waals surface area contributed by atoms with Crippen LogP contribution in [0.15, 0.2) is 35.7 Å². The molecule has 0 saturated carbocycles. The summed E-state index contributed by atoms with van der Waals surface area (Å²) >= 11 is 1.43. The zero-order chi connectivity index (χ0) is 16.1. The highest BCUT2D eigenvalue weighted by atomic mass is 32.2. The van der Waals surface area contributed by atoms with Crippen LogP contribution in [0.25, 0.3) is 16.6 Å². The maximum absolute atomic E-state index is 9.94. The van der Waals surface area contributed by atoms with Gasteiger partial charge >= 0.3 is 0 Å². The largest absolute Gasteiger partial charge is 0.390 e. The zero-order valence-electron chi connectivity index (χ0n) is 13.1. The van der Waals surface area contributed by atoms with Crippen molar-refractivity contribution in [2.45, 2.75) is 31.0 Å². The van der Waals surface area contributed by atoms with Gasteiger partial charge in [-0.15, -0.1) is 5.10 Å². The molecule has 2 aromatic heterocycles. The molecule has 3 rings (SSSR count). The van der Waals surface area contributed by atoms with E-state index >= 15 is 0 Å². The van der Waals surface area contributed by atoms with Gasteiger partial charge in [0.2, 0.25) is 5.16 Å². The maximum Gasteiger partial charge on any atom is 0.209 e. The Morgan fingerprint density at radius 2 is 2.22 bits per heavy atom. The second-order valence-electron chi connectivity index (χ2n) is 5.32. The van der Waals surface area contributed by atoms with Crippen LogP contribution in [0.4, 0.5) is 0 Å². The Kier molecular flexibility index (Phi) is 5.43. The van der Waals surface area contributed by atoms with Gasteiger partial charge in [0.15, 0.2) is 5.65 Å². The summed E-state index contributed by atoms with van der Waals surface area (Å²) in [5, 5.41) is 15.9. The summed E-state index contributed by atoms with van der Waals surface area (Å²) in [5.74, 6) is 0.508. The predicted octanol–water partition coefficient (Wildman–Crippen LogP) is 2.55. The maximum atomic E-state index is 9.94. The van der Waals surface area contributed by atoms with Crippen molar-refractivity contribution in [2.24, 2.45) is 0 Å². The number of aliphatic hydroxyl groups excluding tert-OH is 1. The first-order valence-electron chi connectivity index (χ1n) is 7.76. The van der Waals surface area contributed by atoms with E-state index in [1.807, 2.05) is 24.3 Å². The molecule has 0 amide bonds. The first-order valence-corrected chi connectivity index (χ1v) is 8.75. The molecular weight excluding hydrogens is 312 g/mol. The van der Waals surface area contributed by atoms with Crippen molar-refractivity contribution in [3.05, 3.63) is 30.6 Å². The Morgan fingerprint density at radius 3 is 3.09 bits per heavy atom. The van der Waals surface area contributed by atoms with Gasteiger partial charge in [0, 0.05) is 17.7 Å². The van der Waals surface area contributed by atoms with Crippen molar-refractivity contribution in [3.63, 3.8) is 0 Å². The number of fused-ring (bicyclic) bond motifs is 3. The zero-order valence-corrected chi connectivity index (χ0v) is 13.9. The van der Waals surface area contributed by atoms with Crippen LogP contribution in [0.5, 0.6) is 0 Å².